The number of rotatable bonds is 8. The predicted molar refractivity (Wildman–Crippen MR) is 148 cm³/mol. The summed E-state index contributed by atoms with van der Waals surface area (Å²) in [4.78, 5) is 24.0. The van der Waals surface area contributed by atoms with Crippen molar-refractivity contribution in [3.05, 3.63) is 96.5 Å². The van der Waals surface area contributed by atoms with E-state index in [0.29, 0.717) is 45.2 Å². The Hall–Kier alpha value is -5.17. The minimum Gasteiger partial charge on any atom is -0.480 e. The minimum absolute atomic E-state index is 0.0585. The van der Waals surface area contributed by atoms with Gasteiger partial charge in [-0.25, -0.2) is 36.9 Å². The molecule has 2 N–H and O–H groups in total. The van der Waals surface area contributed by atoms with Gasteiger partial charge in [-0.3, -0.25) is 4.72 Å². The molecule has 0 saturated heterocycles. The van der Waals surface area contributed by atoms with Gasteiger partial charge in [0.05, 0.1) is 25.3 Å². The number of halogens is 2. The van der Waals surface area contributed by atoms with E-state index in [-0.39, 0.29) is 11.6 Å². The number of carbonyl (C=O) groups excluding carboxylic acids is 1. The van der Waals surface area contributed by atoms with Gasteiger partial charge in [-0.05, 0) is 54.1 Å². The summed E-state index contributed by atoms with van der Waals surface area (Å²) >= 11 is 0. The van der Waals surface area contributed by atoms with Crippen LogP contribution in [0.2, 0.25) is 0 Å². The number of hydrogen-bond donors (Lipinski definition) is 2. The lowest BCUT2D eigenvalue weighted by molar-refractivity contribution is 0.0600. The molecule has 0 aliphatic rings. The molecule has 0 amide bonds. The molecule has 2 heterocycles. The topological polar surface area (TPSA) is 132 Å². The highest BCUT2D eigenvalue weighted by atomic mass is 32.2. The van der Waals surface area contributed by atoms with Gasteiger partial charge >= 0.3 is 5.97 Å². The molecule has 208 valence electrons. The molecule has 0 spiro atoms. The quantitative estimate of drug-likeness (QED) is 0.236. The Morgan fingerprint density at radius 3 is 2.49 bits per heavy atom. The molecule has 5 aromatic rings. The second kappa shape index (κ2) is 11.1. The molecule has 3 aromatic carbocycles. The van der Waals surface area contributed by atoms with E-state index in [4.69, 9.17) is 9.47 Å². The average Bonchev–Trinajstić information content (AvgIpc) is 2.96. The fraction of sp³-hybridized carbons (Fsp3) is 0.0714. The van der Waals surface area contributed by atoms with Crippen LogP contribution in [0.4, 0.5) is 26.0 Å². The third-order valence-electron chi connectivity index (χ3n) is 5.99. The number of fused-ring (bicyclic) bond motifs is 1. The second-order valence-electron chi connectivity index (χ2n) is 8.61. The van der Waals surface area contributed by atoms with Gasteiger partial charge in [0.15, 0.2) is 0 Å². The third-order valence-corrected chi connectivity index (χ3v) is 7.39. The molecule has 13 heteroatoms. The van der Waals surface area contributed by atoms with Crippen LogP contribution in [-0.4, -0.2) is 43.6 Å². The van der Waals surface area contributed by atoms with Crippen molar-refractivity contribution in [1.82, 2.24) is 15.0 Å². The molecule has 2 aromatic heterocycles. The Balaban J connectivity index is 1.52. The molecular formula is C28H21F2N5O5S. The number of esters is 1. The number of anilines is 3. The molecule has 0 radical (unpaired) electrons. The number of sulfonamides is 1. The molecule has 0 aliphatic heterocycles. The van der Waals surface area contributed by atoms with Crippen molar-refractivity contribution < 1.29 is 31.5 Å². The molecule has 10 nitrogen and oxygen atoms in total. The van der Waals surface area contributed by atoms with Crippen LogP contribution >= 0.6 is 0 Å². The van der Waals surface area contributed by atoms with E-state index in [2.05, 4.69) is 25.0 Å². The molecule has 0 fully saturated rings. The number of pyridine rings is 1. The molecule has 41 heavy (non-hydrogen) atoms. The van der Waals surface area contributed by atoms with Crippen LogP contribution < -0.4 is 14.8 Å². The minimum atomic E-state index is -4.45. The predicted octanol–water partition coefficient (Wildman–Crippen LogP) is 5.31. The molecule has 5 rings (SSSR count). The molecule has 0 bridgehead atoms. The first kappa shape index (κ1) is 27.4. The lowest BCUT2D eigenvalue weighted by Crippen LogP contribution is -2.15. The van der Waals surface area contributed by atoms with E-state index in [1.807, 2.05) is 0 Å². The average molecular weight is 578 g/mol. The lowest BCUT2D eigenvalue weighted by Gasteiger charge is -2.14. The maximum atomic E-state index is 14.3. The molecule has 0 saturated carbocycles. The van der Waals surface area contributed by atoms with Gasteiger partial charge in [0, 0.05) is 28.9 Å². The van der Waals surface area contributed by atoms with Crippen LogP contribution in [0.3, 0.4) is 0 Å². The van der Waals surface area contributed by atoms with Crippen molar-refractivity contribution >= 4 is 44.1 Å². The lowest BCUT2D eigenvalue weighted by atomic mass is 10.0. The summed E-state index contributed by atoms with van der Waals surface area (Å²) in [6.45, 7) is 0. The Morgan fingerprint density at radius 1 is 0.902 bits per heavy atom. The molecule has 0 unspecified atom stereocenters. The number of carbonyl (C=O) groups is 1. The van der Waals surface area contributed by atoms with Crippen LogP contribution in [0, 0.1) is 11.6 Å². The van der Waals surface area contributed by atoms with E-state index in [9.17, 15) is 22.0 Å². The van der Waals surface area contributed by atoms with Crippen molar-refractivity contribution in [1.29, 1.82) is 0 Å². The zero-order valence-electron chi connectivity index (χ0n) is 21.6. The van der Waals surface area contributed by atoms with E-state index >= 15 is 0 Å². The number of nitrogens with zero attached hydrogens (tertiary/aromatic N) is 3. The van der Waals surface area contributed by atoms with Crippen LogP contribution in [-0.2, 0) is 14.8 Å². The summed E-state index contributed by atoms with van der Waals surface area (Å²) in [6.07, 6.45) is 2.87. The molecular weight excluding hydrogens is 556 g/mol. The maximum absolute atomic E-state index is 14.3. The van der Waals surface area contributed by atoms with E-state index in [0.717, 1.165) is 12.1 Å². The summed E-state index contributed by atoms with van der Waals surface area (Å²) in [5.41, 5.74) is 2.63. The summed E-state index contributed by atoms with van der Waals surface area (Å²) in [6, 6.07) is 15.6. The first-order valence-corrected chi connectivity index (χ1v) is 13.4. The summed E-state index contributed by atoms with van der Waals surface area (Å²) in [5, 5.41) is 3.81. The smallest absolute Gasteiger partial charge is 0.337 e. The van der Waals surface area contributed by atoms with Crippen molar-refractivity contribution in [3.63, 3.8) is 0 Å². The van der Waals surface area contributed by atoms with Crippen LogP contribution in [0.15, 0.2) is 84.1 Å². The first-order chi connectivity index (χ1) is 19.7. The van der Waals surface area contributed by atoms with Gasteiger partial charge in [0.25, 0.3) is 10.0 Å². The van der Waals surface area contributed by atoms with E-state index in [1.54, 1.807) is 42.5 Å². The van der Waals surface area contributed by atoms with Crippen molar-refractivity contribution in [2.45, 2.75) is 4.90 Å². The molecule has 0 aliphatic carbocycles. The Labute approximate surface area is 233 Å². The van der Waals surface area contributed by atoms with Crippen LogP contribution in [0.5, 0.6) is 5.88 Å². The summed E-state index contributed by atoms with van der Waals surface area (Å²) in [5.74, 6) is -2.24. The number of ether oxygens (including phenoxy) is 2. The number of benzene rings is 3. The monoisotopic (exact) mass is 577 g/mol. The fourth-order valence-electron chi connectivity index (χ4n) is 4.05. The van der Waals surface area contributed by atoms with Crippen molar-refractivity contribution in [2.24, 2.45) is 0 Å². The van der Waals surface area contributed by atoms with Gasteiger partial charge in [-0.15, -0.1) is 0 Å². The normalized spacial score (nSPS) is 11.2. The Morgan fingerprint density at radius 2 is 1.73 bits per heavy atom. The SMILES string of the molecule is COC(=O)c1cccc(Nc2ncnc3ccc(-c4cnc(OC)c(NS(=O)(=O)c5ccc(F)cc5F)c4)cc23)c1. The fourth-order valence-corrected chi connectivity index (χ4v) is 5.16. The number of aromatic nitrogens is 3. The Kier molecular flexibility index (Phi) is 7.44. The van der Waals surface area contributed by atoms with Gasteiger partial charge in [-0.2, -0.15) is 0 Å². The number of nitrogens with one attached hydrogen (secondary N) is 2. The van der Waals surface area contributed by atoms with Crippen molar-refractivity contribution in [2.75, 3.05) is 24.3 Å². The van der Waals surface area contributed by atoms with Gasteiger partial charge < -0.3 is 14.8 Å². The second-order valence-corrected chi connectivity index (χ2v) is 10.3. The number of hydrogen-bond acceptors (Lipinski definition) is 9. The highest BCUT2D eigenvalue weighted by molar-refractivity contribution is 7.92. The zero-order valence-corrected chi connectivity index (χ0v) is 22.4. The molecule has 0 atom stereocenters. The zero-order chi connectivity index (χ0) is 29.1. The standard InChI is InChI=1S/C28H21F2N5O5S/c1-39-27-24(35-41(37,38)25-9-7-19(29)13-22(25)30)12-18(14-31-27)16-6-8-23-21(11-16)26(33-15-32-23)34-20-5-3-4-17(10-20)28(36)40-2/h3-15,35H,1-2H3,(H,32,33,34). The maximum Gasteiger partial charge on any atom is 0.337 e. The van der Waals surface area contributed by atoms with Gasteiger partial charge in [-0.1, -0.05) is 12.1 Å². The third kappa shape index (κ3) is 5.75. The highest BCUT2D eigenvalue weighted by Crippen LogP contribution is 2.33. The first-order valence-electron chi connectivity index (χ1n) is 11.9. The van der Waals surface area contributed by atoms with E-state index < -0.39 is 32.5 Å². The van der Waals surface area contributed by atoms with Crippen LogP contribution in [0.1, 0.15) is 10.4 Å². The largest absolute Gasteiger partial charge is 0.480 e. The van der Waals surface area contributed by atoms with E-state index in [1.165, 1.54) is 32.8 Å². The number of methoxy groups -OCH3 is 2. The van der Waals surface area contributed by atoms with Crippen LogP contribution in [0.25, 0.3) is 22.0 Å². The van der Waals surface area contributed by atoms with Gasteiger partial charge in [0.2, 0.25) is 5.88 Å². The highest BCUT2D eigenvalue weighted by Gasteiger charge is 2.22. The van der Waals surface area contributed by atoms with Crippen molar-refractivity contribution in [3.8, 4) is 17.0 Å². The van der Waals surface area contributed by atoms with Gasteiger partial charge in [0.1, 0.15) is 34.4 Å². The Bertz CT molecular complexity index is 1900. The summed E-state index contributed by atoms with van der Waals surface area (Å²) in [7, 11) is -1.85. The summed E-state index contributed by atoms with van der Waals surface area (Å²) < 4.78 is 65.7.